The molecule has 1 aromatic heterocycles. The molecule has 0 amide bonds. The summed E-state index contributed by atoms with van der Waals surface area (Å²) in [4.78, 5) is 3.33. The van der Waals surface area contributed by atoms with Gasteiger partial charge in [0.2, 0.25) is 0 Å². The van der Waals surface area contributed by atoms with Crippen molar-refractivity contribution >= 4 is 10.9 Å². The molecule has 0 spiro atoms. The highest BCUT2D eigenvalue weighted by Gasteiger charge is 2.13. The summed E-state index contributed by atoms with van der Waals surface area (Å²) >= 11 is 0. The first-order chi connectivity index (χ1) is 9.05. The molecule has 3 rings (SSSR count). The van der Waals surface area contributed by atoms with Crippen LogP contribution in [0, 0.1) is 0 Å². The third-order valence-corrected chi connectivity index (χ3v) is 3.65. The molecular formula is C18H19N. The largest absolute Gasteiger partial charge is 0.361 e. The number of aromatic nitrogens is 1. The van der Waals surface area contributed by atoms with Gasteiger partial charge in [0.05, 0.1) is 5.52 Å². The summed E-state index contributed by atoms with van der Waals surface area (Å²) in [6.07, 6.45) is 2.00. The Balaban J connectivity index is 2.10. The van der Waals surface area contributed by atoms with E-state index in [2.05, 4.69) is 74.3 Å². The maximum Gasteiger partial charge on any atom is 0.0533 e. The minimum atomic E-state index is 0.205. The van der Waals surface area contributed by atoms with Crippen molar-refractivity contribution in [3.63, 3.8) is 0 Å². The lowest BCUT2D eigenvalue weighted by molar-refractivity contribution is 0.590. The Morgan fingerprint density at radius 3 is 2.26 bits per heavy atom. The molecule has 1 heteroatoms. The number of rotatable bonds is 1. The van der Waals surface area contributed by atoms with Gasteiger partial charge >= 0.3 is 0 Å². The Hall–Kier alpha value is -2.02. The van der Waals surface area contributed by atoms with E-state index in [4.69, 9.17) is 0 Å². The zero-order chi connectivity index (χ0) is 13.5. The Bertz CT molecular complexity index is 696. The third kappa shape index (κ3) is 2.17. The molecule has 0 atom stereocenters. The maximum absolute atomic E-state index is 3.33. The van der Waals surface area contributed by atoms with Crippen molar-refractivity contribution in [2.75, 3.05) is 0 Å². The number of benzene rings is 2. The molecule has 1 heterocycles. The Labute approximate surface area is 114 Å². The molecule has 19 heavy (non-hydrogen) atoms. The zero-order valence-corrected chi connectivity index (χ0v) is 11.7. The first kappa shape index (κ1) is 12.0. The molecule has 1 N–H and O–H groups in total. The van der Waals surface area contributed by atoms with Gasteiger partial charge in [0, 0.05) is 11.8 Å². The molecule has 0 aliphatic rings. The summed E-state index contributed by atoms with van der Waals surface area (Å²) in [6, 6.07) is 17.4. The second-order valence-electron chi connectivity index (χ2n) is 6.07. The van der Waals surface area contributed by atoms with Gasteiger partial charge < -0.3 is 4.98 Å². The predicted octanol–water partition coefficient (Wildman–Crippen LogP) is 5.13. The maximum atomic E-state index is 3.33. The molecule has 0 unspecified atom stereocenters. The molecule has 0 radical (unpaired) electrons. The molecular weight excluding hydrogens is 230 g/mol. The highest BCUT2D eigenvalue weighted by molar-refractivity contribution is 5.94. The van der Waals surface area contributed by atoms with Gasteiger partial charge in [0.15, 0.2) is 0 Å². The first-order valence-electron chi connectivity index (χ1n) is 6.73. The number of nitrogens with one attached hydrogen (secondary N) is 1. The van der Waals surface area contributed by atoms with E-state index in [0.29, 0.717) is 0 Å². The van der Waals surface area contributed by atoms with Crippen LogP contribution in [0.15, 0.2) is 54.7 Å². The van der Waals surface area contributed by atoms with Gasteiger partial charge in [0.1, 0.15) is 0 Å². The lowest BCUT2D eigenvalue weighted by Crippen LogP contribution is -2.10. The van der Waals surface area contributed by atoms with E-state index >= 15 is 0 Å². The van der Waals surface area contributed by atoms with Crippen molar-refractivity contribution in [2.45, 2.75) is 26.2 Å². The molecule has 0 aliphatic carbocycles. The van der Waals surface area contributed by atoms with Gasteiger partial charge in [-0.2, -0.15) is 0 Å². The molecule has 0 fully saturated rings. The highest BCUT2D eigenvalue weighted by Crippen LogP contribution is 2.30. The summed E-state index contributed by atoms with van der Waals surface area (Å²) in [5, 5.41) is 1.26. The SMILES string of the molecule is CC(C)(C)c1ccc(-c2cccc3cc[nH]c23)cc1. The van der Waals surface area contributed by atoms with Gasteiger partial charge in [-0.3, -0.25) is 0 Å². The van der Waals surface area contributed by atoms with Crippen LogP contribution in [0.2, 0.25) is 0 Å². The fraction of sp³-hybridized carbons (Fsp3) is 0.222. The zero-order valence-electron chi connectivity index (χ0n) is 11.7. The fourth-order valence-electron chi connectivity index (χ4n) is 2.48. The summed E-state index contributed by atoms with van der Waals surface area (Å²) in [5.41, 5.74) is 5.32. The second-order valence-corrected chi connectivity index (χ2v) is 6.07. The number of aromatic amines is 1. The van der Waals surface area contributed by atoms with E-state index < -0.39 is 0 Å². The summed E-state index contributed by atoms with van der Waals surface area (Å²) in [6.45, 7) is 6.73. The van der Waals surface area contributed by atoms with Crippen LogP contribution in [0.3, 0.4) is 0 Å². The van der Waals surface area contributed by atoms with Crippen molar-refractivity contribution in [1.29, 1.82) is 0 Å². The first-order valence-corrected chi connectivity index (χ1v) is 6.73. The van der Waals surface area contributed by atoms with Crippen LogP contribution in [0.25, 0.3) is 22.0 Å². The van der Waals surface area contributed by atoms with Crippen LogP contribution in [0.5, 0.6) is 0 Å². The molecule has 0 saturated heterocycles. The Morgan fingerprint density at radius 2 is 1.58 bits per heavy atom. The van der Waals surface area contributed by atoms with Crippen molar-refractivity contribution in [3.8, 4) is 11.1 Å². The monoisotopic (exact) mass is 249 g/mol. The standard InChI is InChI=1S/C18H19N/c1-18(2,3)15-9-7-13(8-10-15)16-6-4-5-14-11-12-19-17(14)16/h4-12,19H,1-3H3. The fourth-order valence-corrected chi connectivity index (χ4v) is 2.48. The average molecular weight is 249 g/mol. The molecule has 0 saturated carbocycles. The van der Waals surface area contributed by atoms with Gasteiger partial charge in [-0.15, -0.1) is 0 Å². The topological polar surface area (TPSA) is 15.8 Å². The summed E-state index contributed by atoms with van der Waals surface area (Å²) in [7, 11) is 0. The van der Waals surface area contributed by atoms with Crippen LogP contribution < -0.4 is 0 Å². The van der Waals surface area contributed by atoms with Gasteiger partial charge in [-0.1, -0.05) is 63.2 Å². The number of hydrogen-bond donors (Lipinski definition) is 1. The molecule has 3 aromatic rings. The average Bonchev–Trinajstić information content (AvgIpc) is 2.86. The van der Waals surface area contributed by atoms with E-state index in [0.717, 1.165) is 0 Å². The molecule has 0 bridgehead atoms. The lowest BCUT2D eigenvalue weighted by Gasteiger charge is -2.19. The van der Waals surface area contributed by atoms with Crippen LogP contribution in [-0.2, 0) is 5.41 Å². The van der Waals surface area contributed by atoms with Crippen LogP contribution in [-0.4, -0.2) is 4.98 Å². The van der Waals surface area contributed by atoms with Crippen molar-refractivity contribution in [2.24, 2.45) is 0 Å². The minimum absolute atomic E-state index is 0.205. The van der Waals surface area contributed by atoms with Gasteiger partial charge in [-0.25, -0.2) is 0 Å². The number of hydrogen-bond acceptors (Lipinski definition) is 0. The van der Waals surface area contributed by atoms with Crippen LogP contribution in [0.1, 0.15) is 26.3 Å². The molecule has 96 valence electrons. The van der Waals surface area contributed by atoms with Crippen molar-refractivity contribution in [3.05, 3.63) is 60.3 Å². The van der Waals surface area contributed by atoms with E-state index in [1.807, 2.05) is 6.20 Å². The smallest absolute Gasteiger partial charge is 0.0533 e. The van der Waals surface area contributed by atoms with Crippen LogP contribution >= 0.6 is 0 Å². The quantitative estimate of drug-likeness (QED) is 0.615. The van der Waals surface area contributed by atoms with E-state index in [1.54, 1.807) is 0 Å². The Kier molecular flexibility index (Phi) is 2.70. The molecule has 2 aromatic carbocycles. The summed E-state index contributed by atoms with van der Waals surface area (Å²) in [5.74, 6) is 0. The number of H-pyrrole nitrogens is 1. The number of fused-ring (bicyclic) bond motifs is 1. The predicted molar refractivity (Wildman–Crippen MR) is 82.4 cm³/mol. The van der Waals surface area contributed by atoms with Gasteiger partial charge in [-0.05, 0) is 28.0 Å². The van der Waals surface area contributed by atoms with Crippen LogP contribution in [0.4, 0.5) is 0 Å². The number of para-hydroxylation sites is 1. The van der Waals surface area contributed by atoms with E-state index in [-0.39, 0.29) is 5.41 Å². The van der Waals surface area contributed by atoms with E-state index in [1.165, 1.54) is 27.6 Å². The van der Waals surface area contributed by atoms with Gasteiger partial charge in [0.25, 0.3) is 0 Å². The molecule has 1 nitrogen and oxygen atoms in total. The normalized spacial score (nSPS) is 11.9. The lowest BCUT2D eigenvalue weighted by atomic mass is 9.86. The van der Waals surface area contributed by atoms with Crippen molar-refractivity contribution in [1.82, 2.24) is 4.98 Å². The van der Waals surface area contributed by atoms with E-state index in [9.17, 15) is 0 Å². The van der Waals surface area contributed by atoms with Crippen molar-refractivity contribution < 1.29 is 0 Å². The second kappa shape index (κ2) is 4.27. The summed E-state index contributed by atoms with van der Waals surface area (Å²) < 4.78 is 0. The minimum Gasteiger partial charge on any atom is -0.361 e. The Morgan fingerprint density at radius 1 is 0.842 bits per heavy atom. The molecule has 0 aliphatic heterocycles. The highest BCUT2D eigenvalue weighted by atomic mass is 14.7. The third-order valence-electron chi connectivity index (χ3n) is 3.65.